The van der Waals surface area contributed by atoms with Crippen LogP contribution in [-0.4, -0.2) is 50.1 Å². The molecule has 0 bridgehead atoms. The van der Waals surface area contributed by atoms with Gasteiger partial charge in [0.1, 0.15) is 5.75 Å². The molecule has 9 heteroatoms. The highest BCUT2D eigenvalue weighted by Gasteiger charge is 2.29. The first kappa shape index (κ1) is 24.6. The molecule has 0 spiro atoms. The van der Waals surface area contributed by atoms with Gasteiger partial charge in [0, 0.05) is 23.3 Å². The molecule has 1 saturated heterocycles. The summed E-state index contributed by atoms with van der Waals surface area (Å²) in [6, 6.07) is 12.0. The molecule has 2 atom stereocenters. The average molecular weight is 474 g/mol. The number of aryl methyl sites for hydroxylation is 1. The zero-order chi connectivity index (χ0) is 24.2. The van der Waals surface area contributed by atoms with Crippen molar-refractivity contribution in [2.45, 2.75) is 52.1 Å². The Hall–Kier alpha value is -3.07. The quantitative estimate of drug-likeness (QED) is 0.637. The number of amides is 2. The number of nitrogens with zero attached hydrogens (tertiary/aromatic N) is 1. The van der Waals surface area contributed by atoms with Gasteiger partial charge in [-0.1, -0.05) is 6.07 Å². The Kier molecular flexibility index (Phi) is 7.63. The minimum Gasteiger partial charge on any atom is -0.484 e. The lowest BCUT2D eigenvalue weighted by Crippen LogP contribution is -2.49. The van der Waals surface area contributed by atoms with Crippen molar-refractivity contribution in [3.63, 3.8) is 0 Å². The van der Waals surface area contributed by atoms with Gasteiger partial charge in [-0.2, -0.15) is 0 Å². The molecule has 0 saturated carbocycles. The number of hydrogen-bond donors (Lipinski definition) is 2. The van der Waals surface area contributed by atoms with E-state index in [-0.39, 0.29) is 30.5 Å². The monoisotopic (exact) mass is 473 g/mol. The third-order valence-corrected chi connectivity index (χ3v) is 6.34. The molecule has 2 amide bonds. The van der Waals surface area contributed by atoms with E-state index in [0.29, 0.717) is 22.7 Å². The van der Waals surface area contributed by atoms with Crippen LogP contribution >= 0.6 is 0 Å². The maximum atomic E-state index is 12.6. The molecule has 2 N–H and O–H groups in total. The van der Waals surface area contributed by atoms with Crippen LogP contribution in [0.4, 0.5) is 11.4 Å². The smallest absolute Gasteiger partial charge is 0.260 e. The third kappa shape index (κ3) is 6.71. The topological polar surface area (TPSA) is 105 Å². The summed E-state index contributed by atoms with van der Waals surface area (Å²) >= 11 is 0. The van der Waals surface area contributed by atoms with Crippen molar-refractivity contribution in [2.24, 2.45) is 0 Å². The predicted octanol–water partition coefficient (Wildman–Crippen LogP) is 3.79. The number of sulfonamides is 1. The number of rotatable bonds is 7. The van der Waals surface area contributed by atoms with E-state index in [4.69, 9.17) is 4.74 Å². The number of nitrogens with one attached hydrogen (secondary N) is 2. The number of carbonyl (C=O) groups excluding carboxylic acids is 2. The molecule has 178 valence electrons. The van der Waals surface area contributed by atoms with Crippen molar-refractivity contribution in [1.29, 1.82) is 0 Å². The van der Waals surface area contributed by atoms with Crippen LogP contribution in [0.3, 0.4) is 0 Å². The van der Waals surface area contributed by atoms with Crippen LogP contribution in [0.15, 0.2) is 42.5 Å². The van der Waals surface area contributed by atoms with E-state index in [0.717, 1.165) is 31.1 Å². The Labute approximate surface area is 195 Å². The molecular formula is C24H31N3O5S. The van der Waals surface area contributed by atoms with E-state index in [2.05, 4.69) is 23.9 Å². The Balaban J connectivity index is 1.59. The first-order valence-corrected chi connectivity index (χ1v) is 12.9. The van der Waals surface area contributed by atoms with Gasteiger partial charge in [0.2, 0.25) is 10.0 Å². The Morgan fingerprint density at radius 1 is 1.06 bits per heavy atom. The molecule has 2 unspecified atom stereocenters. The van der Waals surface area contributed by atoms with Crippen LogP contribution in [0.5, 0.6) is 5.75 Å². The number of likely N-dealkylation sites (tertiary alicyclic amines) is 1. The van der Waals surface area contributed by atoms with E-state index in [1.807, 2.05) is 4.90 Å². The average Bonchev–Trinajstić information content (AvgIpc) is 2.74. The number of hydrogen-bond acceptors (Lipinski definition) is 5. The zero-order valence-corrected chi connectivity index (χ0v) is 20.2. The largest absolute Gasteiger partial charge is 0.484 e. The van der Waals surface area contributed by atoms with Gasteiger partial charge in [0.05, 0.1) is 11.9 Å². The summed E-state index contributed by atoms with van der Waals surface area (Å²) in [5, 5.41) is 2.76. The van der Waals surface area contributed by atoms with E-state index in [1.165, 1.54) is 0 Å². The summed E-state index contributed by atoms with van der Waals surface area (Å²) in [5.41, 5.74) is 2.02. The first-order chi connectivity index (χ1) is 15.5. The van der Waals surface area contributed by atoms with Crippen LogP contribution in [0.1, 0.15) is 49.0 Å². The van der Waals surface area contributed by atoms with Gasteiger partial charge in [-0.25, -0.2) is 8.42 Å². The van der Waals surface area contributed by atoms with Gasteiger partial charge in [-0.3, -0.25) is 14.3 Å². The lowest BCUT2D eigenvalue weighted by Gasteiger charge is -2.38. The van der Waals surface area contributed by atoms with Crippen LogP contribution < -0.4 is 14.8 Å². The number of piperidine rings is 1. The van der Waals surface area contributed by atoms with Crippen LogP contribution in [0.2, 0.25) is 0 Å². The number of benzene rings is 2. The highest BCUT2D eigenvalue weighted by atomic mass is 32.2. The van der Waals surface area contributed by atoms with Crippen molar-refractivity contribution in [3.05, 3.63) is 53.6 Å². The van der Waals surface area contributed by atoms with Gasteiger partial charge < -0.3 is 15.0 Å². The standard InChI is InChI=1S/C24H31N3O5S/c1-16-8-11-20(14-22(16)26-33(4,30)31)25-24(29)19-9-12-21(13-10-19)32-15-23(28)27-17(2)6-5-7-18(27)3/h8-14,17-18,26H,5-7,15H2,1-4H3,(H,25,29). The highest BCUT2D eigenvalue weighted by molar-refractivity contribution is 7.92. The molecular weight excluding hydrogens is 442 g/mol. The van der Waals surface area contributed by atoms with E-state index < -0.39 is 10.0 Å². The Morgan fingerprint density at radius 2 is 1.70 bits per heavy atom. The summed E-state index contributed by atoms with van der Waals surface area (Å²) in [7, 11) is -3.43. The van der Waals surface area contributed by atoms with Gasteiger partial charge in [0.15, 0.2) is 6.61 Å². The van der Waals surface area contributed by atoms with Crippen LogP contribution in [-0.2, 0) is 14.8 Å². The normalized spacial score (nSPS) is 18.5. The first-order valence-electron chi connectivity index (χ1n) is 11.0. The van der Waals surface area contributed by atoms with Gasteiger partial charge in [-0.05, 0) is 82.0 Å². The third-order valence-electron chi connectivity index (χ3n) is 5.75. The van der Waals surface area contributed by atoms with Gasteiger partial charge >= 0.3 is 0 Å². The van der Waals surface area contributed by atoms with Gasteiger partial charge in [0.25, 0.3) is 11.8 Å². The molecule has 1 fully saturated rings. The minimum atomic E-state index is -3.43. The van der Waals surface area contributed by atoms with Gasteiger partial charge in [-0.15, -0.1) is 0 Å². The van der Waals surface area contributed by atoms with Crippen molar-refractivity contribution in [1.82, 2.24) is 4.90 Å². The van der Waals surface area contributed by atoms with E-state index >= 15 is 0 Å². The Morgan fingerprint density at radius 3 is 2.30 bits per heavy atom. The van der Waals surface area contributed by atoms with Crippen molar-refractivity contribution >= 4 is 33.2 Å². The number of ether oxygens (including phenoxy) is 1. The van der Waals surface area contributed by atoms with Crippen molar-refractivity contribution in [3.8, 4) is 5.75 Å². The lowest BCUT2D eigenvalue weighted by molar-refractivity contribution is -0.139. The predicted molar refractivity (Wildman–Crippen MR) is 129 cm³/mol. The Bertz CT molecular complexity index is 1110. The summed E-state index contributed by atoms with van der Waals surface area (Å²) in [6.07, 6.45) is 4.22. The summed E-state index contributed by atoms with van der Waals surface area (Å²) in [4.78, 5) is 27.1. The SMILES string of the molecule is Cc1ccc(NC(=O)c2ccc(OCC(=O)N3C(C)CCCC3C)cc2)cc1NS(C)(=O)=O. The number of anilines is 2. The molecule has 2 aromatic rings. The molecule has 0 radical (unpaired) electrons. The second kappa shape index (κ2) is 10.2. The lowest BCUT2D eigenvalue weighted by atomic mass is 9.97. The van der Waals surface area contributed by atoms with Crippen LogP contribution in [0, 0.1) is 6.92 Å². The second-order valence-electron chi connectivity index (χ2n) is 8.60. The van der Waals surface area contributed by atoms with E-state index in [9.17, 15) is 18.0 Å². The second-order valence-corrected chi connectivity index (χ2v) is 10.3. The molecule has 3 rings (SSSR count). The molecule has 2 aromatic carbocycles. The minimum absolute atomic E-state index is 0.0330. The molecule has 8 nitrogen and oxygen atoms in total. The molecule has 0 aromatic heterocycles. The van der Waals surface area contributed by atoms with Crippen molar-refractivity contribution < 1.29 is 22.7 Å². The summed E-state index contributed by atoms with van der Waals surface area (Å²) in [6.45, 7) is 5.86. The summed E-state index contributed by atoms with van der Waals surface area (Å²) < 4.78 is 31.1. The molecule has 0 aliphatic carbocycles. The molecule has 33 heavy (non-hydrogen) atoms. The number of carbonyl (C=O) groups is 2. The molecule has 1 aliphatic heterocycles. The fourth-order valence-corrected chi connectivity index (χ4v) is 4.67. The zero-order valence-electron chi connectivity index (χ0n) is 19.4. The van der Waals surface area contributed by atoms with Crippen molar-refractivity contribution in [2.75, 3.05) is 22.9 Å². The van der Waals surface area contributed by atoms with Crippen LogP contribution in [0.25, 0.3) is 0 Å². The molecule has 1 heterocycles. The highest BCUT2D eigenvalue weighted by Crippen LogP contribution is 2.24. The maximum absolute atomic E-state index is 12.6. The fraction of sp³-hybridized carbons (Fsp3) is 0.417. The van der Waals surface area contributed by atoms with E-state index in [1.54, 1.807) is 49.4 Å². The fourth-order valence-electron chi connectivity index (χ4n) is 4.05. The summed E-state index contributed by atoms with van der Waals surface area (Å²) in [5.74, 6) is 0.129. The molecule has 1 aliphatic rings. The maximum Gasteiger partial charge on any atom is 0.260 e.